The summed E-state index contributed by atoms with van der Waals surface area (Å²) in [6, 6.07) is 7.36. The summed E-state index contributed by atoms with van der Waals surface area (Å²) in [5.74, 6) is 1.30. The first kappa shape index (κ1) is 13.7. The van der Waals surface area contributed by atoms with E-state index in [9.17, 15) is 4.79 Å². The van der Waals surface area contributed by atoms with E-state index in [0.717, 1.165) is 12.8 Å². The van der Waals surface area contributed by atoms with Crippen molar-refractivity contribution in [1.82, 2.24) is 0 Å². The summed E-state index contributed by atoms with van der Waals surface area (Å²) in [5.41, 5.74) is 6.16. The highest BCUT2D eigenvalue weighted by Gasteiger charge is 2.12. The largest absolute Gasteiger partial charge is 0.496 e. The van der Waals surface area contributed by atoms with Crippen LogP contribution in [0.2, 0.25) is 0 Å². The molecule has 0 bridgehead atoms. The zero-order valence-electron chi connectivity index (χ0n) is 10.6. The van der Waals surface area contributed by atoms with Gasteiger partial charge in [-0.05, 0) is 37.4 Å². The molecule has 0 spiro atoms. The summed E-state index contributed by atoms with van der Waals surface area (Å²) in [6.07, 6.45) is 2.41. The van der Waals surface area contributed by atoms with Crippen molar-refractivity contribution >= 4 is 5.78 Å². The van der Waals surface area contributed by atoms with E-state index in [1.165, 1.54) is 0 Å². The molecular weight excluding hydrogens is 214 g/mol. The predicted molar refractivity (Wildman–Crippen MR) is 69.4 cm³/mol. The lowest BCUT2D eigenvalue weighted by Gasteiger charge is -2.10. The molecule has 0 fully saturated rings. The molecule has 1 atom stereocenters. The highest BCUT2D eigenvalue weighted by molar-refractivity contribution is 5.98. The molecule has 1 rings (SSSR count). The smallest absolute Gasteiger partial charge is 0.166 e. The second kappa shape index (κ2) is 7.07. The molecule has 0 radical (unpaired) electrons. The third-order valence-corrected chi connectivity index (χ3v) is 2.93. The Kier molecular flexibility index (Phi) is 5.70. The molecule has 0 amide bonds. The second-order valence-electron chi connectivity index (χ2n) is 4.34. The number of ether oxygens (including phenoxy) is 1. The molecule has 3 heteroatoms. The van der Waals surface area contributed by atoms with Crippen molar-refractivity contribution in [3.63, 3.8) is 0 Å². The third kappa shape index (κ3) is 4.19. The number of carbonyl (C=O) groups excluding carboxylic acids is 1. The molecule has 1 aromatic rings. The van der Waals surface area contributed by atoms with Crippen LogP contribution in [-0.4, -0.2) is 19.4 Å². The maximum atomic E-state index is 12.0. The fourth-order valence-electron chi connectivity index (χ4n) is 1.82. The van der Waals surface area contributed by atoms with Gasteiger partial charge in [0.2, 0.25) is 0 Å². The number of nitrogens with two attached hydrogens (primary N) is 1. The maximum absolute atomic E-state index is 12.0. The summed E-state index contributed by atoms with van der Waals surface area (Å²) < 4.78 is 5.18. The minimum Gasteiger partial charge on any atom is -0.496 e. The van der Waals surface area contributed by atoms with Gasteiger partial charge in [0.1, 0.15) is 5.75 Å². The standard InChI is InChI=1S/C14H21NO2/c1-11(9-10-15)7-8-13(16)12-5-3-4-6-14(12)17-2/h3-6,11H,7-10,15H2,1-2H3. The SMILES string of the molecule is COc1ccccc1C(=O)CCC(C)CCN. The van der Waals surface area contributed by atoms with Crippen LogP contribution in [0, 0.1) is 5.92 Å². The van der Waals surface area contributed by atoms with E-state index in [1.807, 2.05) is 24.3 Å². The van der Waals surface area contributed by atoms with Crippen molar-refractivity contribution in [3.05, 3.63) is 29.8 Å². The van der Waals surface area contributed by atoms with E-state index in [2.05, 4.69) is 6.92 Å². The Balaban J connectivity index is 2.58. The molecule has 0 saturated heterocycles. The van der Waals surface area contributed by atoms with Gasteiger partial charge in [0.05, 0.1) is 12.7 Å². The van der Waals surface area contributed by atoms with Crippen LogP contribution in [0.3, 0.4) is 0 Å². The average molecular weight is 235 g/mol. The lowest BCUT2D eigenvalue weighted by Crippen LogP contribution is -2.08. The second-order valence-corrected chi connectivity index (χ2v) is 4.34. The van der Waals surface area contributed by atoms with Gasteiger partial charge >= 0.3 is 0 Å². The van der Waals surface area contributed by atoms with Crippen molar-refractivity contribution in [2.24, 2.45) is 11.7 Å². The monoisotopic (exact) mass is 235 g/mol. The van der Waals surface area contributed by atoms with Crippen molar-refractivity contribution in [1.29, 1.82) is 0 Å². The predicted octanol–water partition coefficient (Wildman–Crippen LogP) is 2.64. The van der Waals surface area contributed by atoms with Crippen molar-refractivity contribution in [2.45, 2.75) is 26.2 Å². The number of hydrogen-bond acceptors (Lipinski definition) is 3. The fraction of sp³-hybridized carbons (Fsp3) is 0.500. The van der Waals surface area contributed by atoms with Crippen LogP contribution < -0.4 is 10.5 Å². The number of ketones is 1. The molecule has 3 nitrogen and oxygen atoms in total. The number of Topliss-reactive ketones (excluding diaryl/α,β-unsaturated/α-hetero) is 1. The Morgan fingerprint density at radius 1 is 1.35 bits per heavy atom. The maximum Gasteiger partial charge on any atom is 0.166 e. The van der Waals surface area contributed by atoms with Crippen molar-refractivity contribution in [3.8, 4) is 5.75 Å². The molecule has 0 aliphatic carbocycles. The molecule has 17 heavy (non-hydrogen) atoms. The third-order valence-electron chi connectivity index (χ3n) is 2.93. The Hall–Kier alpha value is -1.35. The highest BCUT2D eigenvalue weighted by Crippen LogP contribution is 2.21. The molecule has 0 heterocycles. The number of benzene rings is 1. The van der Waals surface area contributed by atoms with E-state index in [0.29, 0.717) is 30.2 Å². The van der Waals surface area contributed by atoms with Gasteiger partial charge in [-0.1, -0.05) is 19.1 Å². The molecular formula is C14H21NO2. The summed E-state index contributed by atoms with van der Waals surface area (Å²) >= 11 is 0. The summed E-state index contributed by atoms with van der Waals surface area (Å²) in [6.45, 7) is 2.81. The van der Waals surface area contributed by atoms with Gasteiger partial charge < -0.3 is 10.5 Å². The van der Waals surface area contributed by atoms with Crippen molar-refractivity contribution in [2.75, 3.05) is 13.7 Å². The summed E-state index contributed by atoms with van der Waals surface area (Å²) in [7, 11) is 1.59. The summed E-state index contributed by atoms with van der Waals surface area (Å²) in [5, 5.41) is 0. The van der Waals surface area contributed by atoms with Gasteiger partial charge in [-0.15, -0.1) is 0 Å². The van der Waals surface area contributed by atoms with Gasteiger partial charge in [0.15, 0.2) is 5.78 Å². The quantitative estimate of drug-likeness (QED) is 0.739. The van der Waals surface area contributed by atoms with Crippen LogP contribution in [0.4, 0.5) is 0 Å². The molecule has 0 saturated carbocycles. The van der Waals surface area contributed by atoms with Crippen LogP contribution in [-0.2, 0) is 0 Å². The van der Waals surface area contributed by atoms with Gasteiger partial charge in [0.25, 0.3) is 0 Å². The Morgan fingerprint density at radius 2 is 2.06 bits per heavy atom. The van der Waals surface area contributed by atoms with Crippen LogP contribution in [0.1, 0.15) is 36.5 Å². The highest BCUT2D eigenvalue weighted by atomic mass is 16.5. The minimum absolute atomic E-state index is 0.145. The van der Waals surface area contributed by atoms with E-state index < -0.39 is 0 Å². The Labute approximate surface area is 103 Å². The zero-order chi connectivity index (χ0) is 12.7. The number of para-hydroxylation sites is 1. The molecule has 2 N–H and O–H groups in total. The first-order valence-corrected chi connectivity index (χ1v) is 6.05. The topological polar surface area (TPSA) is 52.3 Å². The summed E-state index contributed by atoms with van der Waals surface area (Å²) in [4.78, 5) is 12.0. The van der Waals surface area contributed by atoms with Gasteiger partial charge in [0, 0.05) is 6.42 Å². The molecule has 94 valence electrons. The average Bonchev–Trinajstić information content (AvgIpc) is 2.36. The van der Waals surface area contributed by atoms with Gasteiger partial charge in [-0.25, -0.2) is 0 Å². The van der Waals surface area contributed by atoms with Crippen molar-refractivity contribution < 1.29 is 9.53 Å². The van der Waals surface area contributed by atoms with E-state index in [4.69, 9.17) is 10.5 Å². The minimum atomic E-state index is 0.145. The first-order chi connectivity index (χ1) is 8.19. The normalized spacial score (nSPS) is 12.2. The molecule has 0 aliphatic rings. The number of rotatable bonds is 7. The van der Waals surface area contributed by atoms with Crippen LogP contribution >= 0.6 is 0 Å². The van der Waals surface area contributed by atoms with Crippen LogP contribution in [0.5, 0.6) is 5.75 Å². The number of carbonyl (C=O) groups is 1. The molecule has 0 aromatic heterocycles. The van der Waals surface area contributed by atoms with E-state index >= 15 is 0 Å². The zero-order valence-corrected chi connectivity index (χ0v) is 10.6. The molecule has 0 aliphatic heterocycles. The van der Waals surface area contributed by atoms with Crippen LogP contribution in [0.15, 0.2) is 24.3 Å². The Morgan fingerprint density at radius 3 is 2.71 bits per heavy atom. The van der Waals surface area contributed by atoms with E-state index in [-0.39, 0.29) is 5.78 Å². The lowest BCUT2D eigenvalue weighted by atomic mass is 9.97. The number of methoxy groups -OCH3 is 1. The van der Waals surface area contributed by atoms with Gasteiger partial charge in [-0.2, -0.15) is 0 Å². The fourth-order valence-corrected chi connectivity index (χ4v) is 1.82. The first-order valence-electron chi connectivity index (χ1n) is 6.05. The van der Waals surface area contributed by atoms with Crippen LogP contribution in [0.25, 0.3) is 0 Å². The molecule has 1 unspecified atom stereocenters. The van der Waals surface area contributed by atoms with E-state index in [1.54, 1.807) is 7.11 Å². The molecule has 1 aromatic carbocycles. The lowest BCUT2D eigenvalue weighted by molar-refractivity contribution is 0.0971. The van der Waals surface area contributed by atoms with Gasteiger partial charge in [-0.3, -0.25) is 4.79 Å². The number of hydrogen-bond donors (Lipinski definition) is 1. The Bertz CT molecular complexity index is 363.